The summed E-state index contributed by atoms with van der Waals surface area (Å²) in [5, 5.41) is 0. The van der Waals surface area contributed by atoms with Gasteiger partial charge >= 0.3 is 0 Å². The SMILES string of the molecule is Cc1cc(N2CCN(S(=O)(=O)N3C[C@@H](C)O[C@@H](C)C3)CC2)nc(C(C)C)n1. The van der Waals surface area contributed by atoms with Crippen molar-refractivity contribution in [3.63, 3.8) is 0 Å². The number of hydrogen-bond donors (Lipinski definition) is 0. The van der Waals surface area contributed by atoms with Gasteiger partial charge in [-0.3, -0.25) is 0 Å². The third-order valence-corrected chi connectivity index (χ3v) is 6.94. The Labute approximate surface area is 162 Å². The Morgan fingerprint density at radius 1 is 1.04 bits per heavy atom. The van der Waals surface area contributed by atoms with Gasteiger partial charge in [0.1, 0.15) is 11.6 Å². The number of morpholine rings is 1. The highest BCUT2D eigenvalue weighted by Gasteiger charge is 2.36. The van der Waals surface area contributed by atoms with Gasteiger partial charge in [-0.25, -0.2) is 9.97 Å². The Morgan fingerprint density at radius 3 is 2.19 bits per heavy atom. The zero-order chi connectivity index (χ0) is 19.8. The standard InChI is InChI=1S/C18H31N5O3S/c1-13(2)18-19-14(3)10-17(20-18)21-6-8-22(9-7-21)27(24,25)23-11-15(4)26-16(5)12-23/h10,13,15-16H,6-9,11-12H2,1-5H3/t15-,16+. The lowest BCUT2D eigenvalue weighted by Crippen LogP contribution is -2.57. The number of aryl methyl sites for hydroxylation is 1. The zero-order valence-corrected chi connectivity index (χ0v) is 17.7. The first-order valence-electron chi connectivity index (χ1n) is 9.68. The van der Waals surface area contributed by atoms with E-state index >= 15 is 0 Å². The fraction of sp³-hybridized carbons (Fsp3) is 0.778. The van der Waals surface area contributed by atoms with Crippen LogP contribution in [0.2, 0.25) is 0 Å². The smallest absolute Gasteiger partial charge is 0.282 e. The van der Waals surface area contributed by atoms with Crippen molar-refractivity contribution in [1.29, 1.82) is 0 Å². The number of hydrogen-bond acceptors (Lipinski definition) is 6. The van der Waals surface area contributed by atoms with Crippen molar-refractivity contribution in [3.05, 3.63) is 17.6 Å². The first-order chi connectivity index (χ1) is 12.7. The number of ether oxygens (including phenoxy) is 1. The van der Waals surface area contributed by atoms with Gasteiger partial charge < -0.3 is 9.64 Å². The number of aromatic nitrogens is 2. The highest BCUT2D eigenvalue weighted by atomic mass is 32.2. The summed E-state index contributed by atoms with van der Waals surface area (Å²) in [6.45, 7) is 13.0. The van der Waals surface area contributed by atoms with Crippen LogP contribution < -0.4 is 4.90 Å². The molecule has 0 saturated carbocycles. The number of rotatable bonds is 4. The van der Waals surface area contributed by atoms with E-state index in [2.05, 4.69) is 28.7 Å². The molecule has 1 aromatic rings. The van der Waals surface area contributed by atoms with Crippen LogP contribution in [0.25, 0.3) is 0 Å². The van der Waals surface area contributed by atoms with E-state index in [9.17, 15) is 8.42 Å². The molecule has 8 nitrogen and oxygen atoms in total. The zero-order valence-electron chi connectivity index (χ0n) is 16.9. The molecule has 1 aromatic heterocycles. The summed E-state index contributed by atoms with van der Waals surface area (Å²) >= 11 is 0. The molecule has 0 aliphatic carbocycles. The van der Waals surface area contributed by atoms with Gasteiger partial charge in [0.05, 0.1) is 12.2 Å². The quantitative estimate of drug-likeness (QED) is 0.764. The molecule has 9 heteroatoms. The van der Waals surface area contributed by atoms with E-state index in [4.69, 9.17) is 4.74 Å². The molecule has 0 N–H and O–H groups in total. The van der Waals surface area contributed by atoms with Gasteiger partial charge in [-0.05, 0) is 20.8 Å². The molecule has 3 heterocycles. The van der Waals surface area contributed by atoms with Crippen LogP contribution in [0, 0.1) is 6.92 Å². The van der Waals surface area contributed by atoms with Gasteiger partial charge in [-0.15, -0.1) is 0 Å². The van der Waals surface area contributed by atoms with Gasteiger partial charge in [-0.1, -0.05) is 13.8 Å². The summed E-state index contributed by atoms with van der Waals surface area (Å²) in [6.07, 6.45) is -0.161. The average molecular weight is 398 g/mol. The van der Waals surface area contributed by atoms with Crippen molar-refractivity contribution in [3.8, 4) is 0 Å². The van der Waals surface area contributed by atoms with Crippen LogP contribution in [0.4, 0.5) is 5.82 Å². The van der Waals surface area contributed by atoms with E-state index in [-0.39, 0.29) is 18.1 Å². The van der Waals surface area contributed by atoms with E-state index in [0.29, 0.717) is 39.3 Å². The fourth-order valence-electron chi connectivity index (χ4n) is 3.62. The molecule has 2 aliphatic heterocycles. The molecule has 3 rings (SSSR count). The minimum Gasteiger partial charge on any atom is -0.373 e. The number of piperazine rings is 1. The molecule has 152 valence electrons. The predicted molar refractivity (Wildman–Crippen MR) is 105 cm³/mol. The first-order valence-corrected chi connectivity index (χ1v) is 11.1. The van der Waals surface area contributed by atoms with Gasteiger partial charge in [0.15, 0.2) is 0 Å². The molecule has 2 atom stereocenters. The maximum Gasteiger partial charge on any atom is 0.282 e. The second-order valence-corrected chi connectivity index (χ2v) is 9.78. The van der Waals surface area contributed by atoms with Crippen molar-refractivity contribution in [2.24, 2.45) is 0 Å². The van der Waals surface area contributed by atoms with Crippen molar-refractivity contribution in [2.45, 2.75) is 52.7 Å². The lowest BCUT2D eigenvalue weighted by atomic mass is 10.2. The molecular weight excluding hydrogens is 366 g/mol. The Balaban J connectivity index is 1.68. The highest BCUT2D eigenvalue weighted by Crippen LogP contribution is 2.22. The summed E-state index contributed by atoms with van der Waals surface area (Å²) in [4.78, 5) is 11.3. The maximum absolute atomic E-state index is 13.0. The fourth-order valence-corrected chi connectivity index (χ4v) is 5.37. The lowest BCUT2D eigenvalue weighted by molar-refractivity contribution is -0.0455. The summed E-state index contributed by atoms with van der Waals surface area (Å²) in [5.74, 6) is 1.98. The monoisotopic (exact) mass is 397 g/mol. The Hall–Kier alpha value is -1.29. The second-order valence-electron chi connectivity index (χ2n) is 7.85. The molecule has 0 unspecified atom stereocenters. The Bertz CT molecular complexity index is 752. The lowest BCUT2D eigenvalue weighted by Gasteiger charge is -2.40. The van der Waals surface area contributed by atoms with Crippen LogP contribution in [0.5, 0.6) is 0 Å². The van der Waals surface area contributed by atoms with Crippen molar-refractivity contribution < 1.29 is 13.2 Å². The third kappa shape index (κ3) is 4.59. The molecule has 0 aromatic carbocycles. The number of nitrogens with zero attached hydrogens (tertiary/aromatic N) is 5. The van der Waals surface area contributed by atoms with E-state index in [1.165, 1.54) is 0 Å². The summed E-state index contributed by atoms with van der Waals surface area (Å²) in [7, 11) is -3.46. The first kappa shape index (κ1) is 20.4. The molecular formula is C18H31N5O3S. The van der Waals surface area contributed by atoms with E-state index in [1.807, 2.05) is 26.8 Å². The van der Waals surface area contributed by atoms with Crippen molar-refractivity contribution >= 4 is 16.0 Å². The van der Waals surface area contributed by atoms with Gasteiger partial charge in [0, 0.05) is 56.9 Å². The molecule has 27 heavy (non-hydrogen) atoms. The van der Waals surface area contributed by atoms with Crippen LogP contribution in [0.1, 0.15) is 45.1 Å². The van der Waals surface area contributed by atoms with Crippen molar-refractivity contribution in [2.75, 3.05) is 44.2 Å². The molecule has 2 fully saturated rings. The molecule has 0 radical (unpaired) electrons. The normalized spacial score (nSPS) is 25.9. The Kier molecular flexibility index (Phi) is 6.05. The van der Waals surface area contributed by atoms with Crippen LogP contribution in [0.15, 0.2) is 6.07 Å². The molecule has 0 spiro atoms. The van der Waals surface area contributed by atoms with E-state index in [1.54, 1.807) is 8.61 Å². The maximum atomic E-state index is 13.0. The molecule has 2 aliphatic rings. The van der Waals surface area contributed by atoms with Crippen LogP contribution in [-0.2, 0) is 14.9 Å². The minimum absolute atomic E-state index is 0.0803. The summed E-state index contributed by atoms with van der Waals surface area (Å²) in [5.41, 5.74) is 0.940. The number of anilines is 1. The van der Waals surface area contributed by atoms with Crippen LogP contribution >= 0.6 is 0 Å². The molecule has 0 bridgehead atoms. The minimum atomic E-state index is -3.46. The third-order valence-electron chi connectivity index (χ3n) is 4.98. The van der Waals surface area contributed by atoms with E-state index in [0.717, 1.165) is 17.3 Å². The molecule has 0 amide bonds. The second kappa shape index (κ2) is 7.98. The highest BCUT2D eigenvalue weighted by molar-refractivity contribution is 7.86. The van der Waals surface area contributed by atoms with E-state index < -0.39 is 10.2 Å². The predicted octanol–water partition coefficient (Wildman–Crippen LogP) is 1.38. The largest absolute Gasteiger partial charge is 0.373 e. The van der Waals surface area contributed by atoms with Crippen LogP contribution in [0.3, 0.4) is 0 Å². The van der Waals surface area contributed by atoms with Gasteiger partial charge in [-0.2, -0.15) is 17.0 Å². The van der Waals surface area contributed by atoms with Crippen LogP contribution in [-0.4, -0.2) is 78.5 Å². The van der Waals surface area contributed by atoms with Gasteiger partial charge in [0.2, 0.25) is 0 Å². The summed E-state index contributed by atoms with van der Waals surface area (Å²) < 4.78 is 34.9. The molecule has 2 saturated heterocycles. The summed E-state index contributed by atoms with van der Waals surface area (Å²) in [6, 6.07) is 1.97. The topological polar surface area (TPSA) is 78.9 Å². The Morgan fingerprint density at radius 2 is 1.63 bits per heavy atom. The average Bonchev–Trinajstić information content (AvgIpc) is 2.60. The van der Waals surface area contributed by atoms with Gasteiger partial charge in [0.25, 0.3) is 10.2 Å². The van der Waals surface area contributed by atoms with Crippen molar-refractivity contribution in [1.82, 2.24) is 18.6 Å².